The number of fused-ring (bicyclic) bond motifs is 1. The third kappa shape index (κ3) is 5.33. The first kappa shape index (κ1) is 22.8. The van der Waals surface area contributed by atoms with E-state index in [1.807, 2.05) is 19.1 Å². The zero-order valence-corrected chi connectivity index (χ0v) is 18.6. The summed E-state index contributed by atoms with van der Waals surface area (Å²) in [5, 5.41) is 0. The molecule has 0 amide bonds. The predicted octanol–water partition coefficient (Wildman–Crippen LogP) is 4.03. The number of carbonyl (C=O) groups excluding carboxylic acids is 1. The molecule has 7 nitrogen and oxygen atoms in total. The highest BCUT2D eigenvalue weighted by molar-refractivity contribution is 7.77. The SMILES string of the molecule is Cc1ccc(-c2cnc3ccc(C(=O)c4cccc(CCCNS(=O)O)c4F)cc3n2)cn1. The summed E-state index contributed by atoms with van der Waals surface area (Å²) in [4.78, 5) is 26.4. The second kappa shape index (κ2) is 10.0. The van der Waals surface area contributed by atoms with Crippen molar-refractivity contribution >= 4 is 28.1 Å². The van der Waals surface area contributed by atoms with Gasteiger partial charge in [-0.3, -0.25) is 19.3 Å². The Labute approximate surface area is 192 Å². The molecule has 2 N–H and O–H groups in total. The standard InChI is InChI=1S/C24H21FN4O3S/c1-15-7-8-18(13-26-15)22-14-27-20-10-9-17(12-21(20)29-22)24(30)19-6-2-4-16(23(19)25)5-3-11-28-33(31)32/h2,4,6-10,12-14,28H,3,5,11H2,1H3,(H,31,32). The van der Waals surface area contributed by atoms with E-state index < -0.39 is 22.9 Å². The van der Waals surface area contributed by atoms with Crippen molar-refractivity contribution in [2.75, 3.05) is 6.54 Å². The highest BCUT2D eigenvalue weighted by Crippen LogP contribution is 2.22. The minimum absolute atomic E-state index is 0.0302. The minimum Gasteiger partial charge on any atom is -0.294 e. The molecule has 0 aliphatic carbocycles. The van der Waals surface area contributed by atoms with E-state index in [-0.39, 0.29) is 12.1 Å². The zero-order valence-electron chi connectivity index (χ0n) is 17.8. The fraction of sp³-hybridized carbons (Fsp3) is 0.167. The van der Waals surface area contributed by atoms with Crippen LogP contribution in [0.4, 0.5) is 4.39 Å². The van der Waals surface area contributed by atoms with Gasteiger partial charge in [0.25, 0.3) is 0 Å². The van der Waals surface area contributed by atoms with Gasteiger partial charge in [-0.2, -0.15) is 0 Å². The number of nitrogens with zero attached hydrogens (tertiary/aromatic N) is 3. The summed E-state index contributed by atoms with van der Waals surface area (Å²) in [6.45, 7) is 2.15. The summed E-state index contributed by atoms with van der Waals surface area (Å²) in [6.07, 6.45) is 4.15. The van der Waals surface area contributed by atoms with Gasteiger partial charge in [-0.25, -0.2) is 18.3 Å². The Morgan fingerprint density at radius 3 is 2.70 bits per heavy atom. The Balaban J connectivity index is 1.60. The molecule has 0 bridgehead atoms. The van der Waals surface area contributed by atoms with Crippen LogP contribution in [0.5, 0.6) is 0 Å². The number of halogens is 1. The average molecular weight is 465 g/mol. The molecule has 9 heteroatoms. The van der Waals surface area contributed by atoms with Crippen molar-refractivity contribution in [3.8, 4) is 11.3 Å². The third-order valence-electron chi connectivity index (χ3n) is 5.18. The molecule has 1 atom stereocenters. The topological polar surface area (TPSA) is 105 Å². The second-order valence-electron chi connectivity index (χ2n) is 7.50. The fourth-order valence-electron chi connectivity index (χ4n) is 3.45. The number of hydrogen-bond acceptors (Lipinski definition) is 5. The number of ketones is 1. The van der Waals surface area contributed by atoms with Gasteiger partial charge >= 0.3 is 0 Å². The number of nitrogens with one attached hydrogen (secondary N) is 1. The lowest BCUT2D eigenvalue weighted by atomic mass is 9.98. The number of aryl methyl sites for hydroxylation is 2. The smallest absolute Gasteiger partial charge is 0.231 e. The van der Waals surface area contributed by atoms with Crippen LogP contribution >= 0.6 is 0 Å². The summed E-state index contributed by atoms with van der Waals surface area (Å²) in [5.41, 5.74) is 4.14. The van der Waals surface area contributed by atoms with Crippen molar-refractivity contribution < 1.29 is 17.9 Å². The van der Waals surface area contributed by atoms with Crippen LogP contribution in [0, 0.1) is 12.7 Å². The van der Waals surface area contributed by atoms with Gasteiger partial charge in [0.2, 0.25) is 11.3 Å². The van der Waals surface area contributed by atoms with Crippen molar-refractivity contribution in [3.05, 3.63) is 89.1 Å². The minimum atomic E-state index is -2.10. The highest BCUT2D eigenvalue weighted by atomic mass is 32.2. The Kier molecular flexibility index (Phi) is 6.93. The van der Waals surface area contributed by atoms with Crippen LogP contribution in [0.15, 0.2) is 60.9 Å². The maximum atomic E-state index is 15.0. The Morgan fingerprint density at radius 1 is 1.09 bits per heavy atom. The summed E-state index contributed by atoms with van der Waals surface area (Å²) < 4.78 is 36.8. The van der Waals surface area contributed by atoms with E-state index in [1.165, 1.54) is 6.07 Å². The molecule has 0 fully saturated rings. The van der Waals surface area contributed by atoms with Crippen LogP contribution in [0.1, 0.15) is 33.6 Å². The van der Waals surface area contributed by atoms with Crippen LogP contribution in [-0.2, 0) is 17.7 Å². The van der Waals surface area contributed by atoms with E-state index in [0.29, 0.717) is 40.7 Å². The lowest BCUT2D eigenvalue weighted by Gasteiger charge is -2.09. The molecule has 168 valence electrons. The Hall–Kier alpha value is -3.40. The lowest BCUT2D eigenvalue weighted by molar-refractivity contribution is 0.103. The maximum Gasteiger partial charge on any atom is 0.231 e. The number of rotatable bonds is 8. The van der Waals surface area contributed by atoms with Crippen molar-refractivity contribution in [3.63, 3.8) is 0 Å². The van der Waals surface area contributed by atoms with Gasteiger partial charge in [0.1, 0.15) is 5.82 Å². The van der Waals surface area contributed by atoms with E-state index in [9.17, 15) is 9.00 Å². The first-order chi connectivity index (χ1) is 15.9. The predicted molar refractivity (Wildman–Crippen MR) is 124 cm³/mol. The monoisotopic (exact) mass is 464 g/mol. The van der Waals surface area contributed by atoms with Crippen molar-refractivity contribution in [1.29, 1.82) is 0 Å². The molecule has 0 aliphatic rings. The molecule has 0 saturated heterocycles. The molecule has 0 radical (unpaired) electrons. The first-order valence-corrected chi connectivity index (χ1v) is 11.4. The van der Waals surface area contributed by atoms with Gasteiger partial charge in [0.05, 0.1) is 28.5 Å². The van der Waals surface area contributed by atoms with Gasteiger partial charge in [-0.05, 0) is 61.7 Å². The fourth-order valence-corrected chi connectivity index (χ4v) is 3.77. The van der Waals surface area contributed by atoms with Crippen molar-refractivity contribution in [1.82, 2.24) is 19.7 Å². The molecule has 1 unspecified atom stereocenters. The van der Waals surface area contributed by atoms with Crippen molar-refractivity contribution in [2.45, 2.75) is 19.8 Å². The van der Waals surface area contributed by atoms with E-state index in [2.05, 4.69) is 19.7 Å². The normalized spacial score (nSPS) is 12.1. The lowest BCUT2D eigenvalue weighted by Crippen LogP contribution is -2.18. The van der Waals surface area contributed by atoms with Gasteiger partial charge in [-0.1, -0.05) is 12.1 Å². The molecule has 2 aromatic heterocycles. The van der Waals surface area contributed by atoms with Crippen LogP contribution in [0.2, 0.25) is 0 Å². The molecular weight excluding hydrogens is 443 g/mol. The van der Waals surface area contributed by atoms with Crippen LogP contribution in [0.25, 0.3) is 22.3 Å². The van der Waals surface area contributed by atoms with E-state index in [1.54, 1.807) is 42.7 Å². The van der Waals surface area contributed by atoms with E-state index in [0.717, 1.165) is 11.3 Å². The zero-order chi connectivity index (χ0) is 23.4. The first-order valence-electron chi connectivity index (χ1n) is 10.3. The summed E-state index contributed by atoms with van der Waals surface area (Å²) in [5.74, 6) is -1.03. The van der Waals surface area contributed by atoms with Gasteiger partial charge in [0.15, 0.2) is 5.78 Å². The molecule has 4 rings (SSSR count). The number of hydrogen-bond donors (Lipinski definition) is 2. The summed E-state index contributed by atoms with van der Waals surface area (Å²) in [6, 6.07) is 13.4. The molecule has 33 heavy (non-hydrogen) atoms. The van der Waals surface area contributed by atoms with E-state index in [4.69, 9.17) is 4.55 Å². The number of benzene rings is 2. The highest BCUT2D eigenvalue weighted by Gasteiger charge is 2.17. The molecule has 2 heterocycles. The number of carbonyl (C=O) groups is 1. The Morgan fingerprint density at radius 2 is 1.94 bits per heavy atom. The van der Waals surface area contributed by atoms with Gasteiger partial charge in [-0.15, -0.1) is 0 Å². The molecule has 0 spiro atoms. The number of pyridine rings is 1. The molecular formula is C24H21FN4O3S. The second-order valence-corrected chi connectivity index (χ2v) is 8.29. The van der Waals surface area contributed by atoms with Gasteiger partial charge in [0, 0.05) is 29.6 Å². The van der Waals surface area contributed by atoms with Crippen molar-refractivity contribution in [2.24, 2.45) is 0 Å². The number of aromatic nitrogens is 3. The maximum absolute atomic E-state index is 15.0. The molecule has 0 aliphatic heterocycles. The molecule has 2 aromatic carbocycles. The van der Waals surface area contributed by atoms with Crippen LogP contribution in [0.3, 0.4) is 0 Å². The quantitative estimate of drug-likeness (QED) is 0.232. The molecule has 0 saturated carbocycles. The van der Waals surface area contributed by atoms with Crippen LogP contribution in [-0.4, -0.2) is 36.0 Å². The average Bonchev–Trinajstić information content (AvgIpc) is 2.82. The third-order valence-corrected chi connectivity index (χ3v) is 5.63. The summed E-state index contributed by atoms with van der Waals surface area (Å²) >= 11 is -2.10. The van der Waals surface area contributed by atoms with Gasteiger partial charge < -0.3 is 0 Å². The largest absolute Gasteiger partial charge is 0.294 e. The Bertz CT molecular complexity index is 1350. The molecule has 4 aromatic rings. The van der Waals surface area contributed by atoms with Crippen LogP contribution < -0.4 is 4.72 Å². The van der Waals surface area contributed by atoms with E-state index >= 15 is 4.39 Å². The summed E-state index contributed by atoms with van der Waals surface area (Å²) in [7, 11) is 0.